The standard InChI is InChI=1S/C16H27N3O5/c1-3-24-16(22)18-9-6-13(7-10-18)17-14(20)12-5-4-8-19(11-12)15(21)23-2/h12-13H,3-11H2,1-2H3,(H,17,20). The number of carbonyl (C=O) groups excluding carboxylic acids is 3. The highest BCUT2D eigenvalue weighted by Gasteiger charge is 2.31. The van der Waals surface area contributed by atoms with Crippen molar-refractivity contribution in [3.05, 3.63) is 0 Å². The van der Waals surface area contributed by atoms with Crippen molar-refractivity contribution in [1.29, 1.82) is 0 Å². The highest BCUT2D eigenvalue weighted by Crippen LogP contribution is 2.19. The van der Waals surface area contributed by atoms with Gasteiger partial charge in [-0.05, 0) is 32.6 Å². The highest BCUT2D eigenvalue weighted by atomic mass is 16.6. The van der Waals surface area contributed by atoms with E-state index < -0.39 is 0 Å². The zero-order valence-corrected chi connectivity index (χ0v) is 14.5. The molecule has 0 aliphatic carbocycles. The molecule has 2 aliphatic rings. The first-order chi connectivity index (χ1) is 11.5. The largest absolute Gasteiger partial charge is 0.453 e. The van der Waals surface area contributed by atoms with Crippen molar-refractivity contribution in [1.82, 2.24) is 15.1 Å². The van der Waals surface area contributed by atoms with Gasteiger partial charge in [0.25, 0.3) is 0 Å². The molecular formula is C16H27N3O5. The molecule has 0 saturated carbocycles. The summed E-state index contributed by atoms with van der Waals surface area (Å²) in [4.78, 5) is 39.0. The molecule has 8 nitrogen and oxygen atoms in total. The molecule has 2 heterocycles. The van der Waals surface area contributed by atoms with Gasteiger partial charge >= 0.3 is 12.2 Å². The van der Waals surface area contributed by atoms with Gasteiger partial charge in [-0.3, -0.25) is 4.79 Å². The topological polar surface area (TPSA) is 88.2 Å². The summed E-state index contributed by atoms with van der Waals surface area (Å²) in [5.41, 5.74) is 0. The maximum Gasteiger partial charge on any atom is 0.409 e. The fraction of sp³-hybridized carbons (Fsp3) is 0.812. The van der Waals surface area contributed by atoms with Crippen molar-refractivity contribution in [2.45, 2.75) is 38.6 Å². The van der Waals surface area contributed by atoms with E-state index in [1.54, 1.807) is 16.7 Å². The zero-order valence-electron chi connectivity index (χ0n) is 14.5. The van der Waals surface area contributed by atoms with Crippen LogP contribution in [0.4, 0.5) is 9.59 Å². The van der Waals surface area contributed by atoms with Crippen molar-refractivity contribution in [3.8, 4) is 0 Å². The van der Waals surface area contributed by atoms with E-state index in [4.69, 9.17) is 9.47 Å². The molecule has 24 heavy (non-hydrogen) atoms. The molecule has 2 saturated heterocycles. The van der Waals surface area contributed by atoms with Gasteiger partial charge in [-0.25, -0.2) is 9.59 Å². The molecule has 136 valence electrons. The Balaban J connectivity index is 1.77. The van der Waals surface area contributed by atoms with Crippen LogP contribution in [-0.2, 0) is 14.3 Å². The molecule has 2 rings (SSSR count). The molecule has 1 N–H and O–H groups in total. The number of carbonyl (C=O) groups is 3. The molecule has 1 atom stereocenters. The second kappa shape index (κ2) is 8.75. The molecule has 8 heteroatoms. The van der Waals surface area contributed by atoms with Crippen LogP contribution in [0.15, 0.2) is 0 Å². The third kappa shape index (κ3) is 4.75. The summed E-state index contributed by atoms with van der Waals surface area (Å²) in [6, 6.07) is 0.0664. The summed E-state index contributed by atoms with van der Waals surface area (Å²) in [5, 5.41) is 3.06. The molecule has 1 unspecified atom stereocenters. The number of rotatable bonds is 3. The Labute approximate surface area is 142 Å². The van der Waals surface area contributed by atoms with E-state index in [0.717, 1.165) is 25.7 Å². The smallest absolute Gasteiger partial charge is 0.409 e. The maximum absolute atomic E-state index is 12.4. The van der Waals surface area contributed by atoms with Crippen molar-refractivity contribution >= 4 is 18.1 Å². The lowest BCUT2D eigenvalue weighted by atomic mass is 9.96. The SMILES string of the molecule is CCOC(=O)N1CCC(NC(=O)C2CCCN(C(=O)OC)C2)CC1. The summed E-state index contributed by atoms with van der Waals surface area (Å²) in [5.74, 6) is -0.209. The Morgan fingerprint density at radius 2 is 1.75 bits per heavy atom. The monoisotopic (exact) mass is 341 g/mol. The minimum absolute atomic E-state index is 0.0156. The van der Waals surface area contributed by atoms with Crippen LogP contribution in [0.25, 0.3) is 0 Å². The number of amides is 3. The third-order valence-electron chi connectivity index (χ3n) is 4.59. The van der Waals surface area contributed by atoms with E-state index in [1.807, 2.05) is 0 Å². The van der Waals surface area contributed by atoms with Crippen molar-refractivity contribution in [2.24, 2.45) is 5.92 Å². The molecular weight excluding hydrogens is 314 g/mol. The van der Waals surface area contributed by atoms with Gasteiger partial charge < -0.3 is 24.6 Å². The van der Waals surface area contributed by atoms with Crippen molar-refractivity contribution in [2.75, 3.05) is 39.9 Å². The average molecular weight is 341 g/mol. The summed E-state index contributed by atoms with van der Waals surface area (Å²) in [6.07, 6.45) is 2.35. The first-order valence-electron chi connectivity index (χ1n) is 8.60. The summed E-state index contributed by atoms with van der Waals surface area (Å²) in [7, 11) is 1.35. The van der Waals surface area contributed by atoms with Crippen LogP contribution in [0, 0.1) is 5.92 Å². The van der Waals surface area contributed by atoms with Gasteiger partial charge in [-0.1, -0.05) is 0 Å². The molecule has 0 aromatic rings. The summed E-state index contributed by atoms with van der Waals surface area (Å²) in [6.45, 7) is 4.36. The summed E-state index contributed by atoms with van der Waals surface area (Å²) < 4.78 is 9.72. The van der Waals surface area contributed by atoms with Crippen LogP contribution in [-0.4, -0.2) is 73.8 Å². The second-order valence-corrected chi connectivity index (χ2v) is 6.22. The lowest BCUT2D eigenvalue weighted by Crippen LogP contribution is -2.50. The first-order valence-corrected chi connectivity index (χ1v) is 8.60. The Kier molecular flexibility index (Phi) is 6.69. The second-order valence-electron chi connectivity index (χ2n) is 6.22. The van der Waals surface area contributed by atoms with Gasteiger partial charge in [0.1, 0.15) is 0 Å². The van der Waals surface area contributed by atoms with E-state index in [9.17, 15) is 14.4 Å². The number of likely N-dealkylation sites (tertiary alicyclic amines) is 2. The Bertz CT molecular complexity index is 463. The predicted molar refractivity (Wildman–Crippen MR) is 86.5 cm³/mol. The molecule has 0 bridgehead atoms. The molecule has 0 aromatic heterocycles. The van der Waals surface area contributed by atoms with Crippen molar-refractivity contribution < 1.29 is 23.9 Å². The number of nitrogens with zero attached hydrogens (tertiary/aromatic N) is 2. The van der Waals surface area contributed by atoms with Crippen LogP contribution in [0.5, 0.6) is 0 Å². The third-order valence-corrected chi connectivity index (χ3v) is 4.59. The Morgan fingerprint density at radius 1 is 1.04 bits per heavy atom. The fourth-order valence-electron chi connectivity index (χ4n) is 3.23. The van der Waals surface area contributed by atoms with E-state index in [0.29, 0.717) is 32.8 Å². The van der Waals surface area contributed by atoms with Crippen molar-refractivity contribution in [3.63, 3.8) is 0 Å². The zero-order chi connectivity index (χ0) is 17.5. The van der Waals surface area contributed by atoms with E-state index in [2.05, 4.69) is 5.32 Å². The average Bonchev–Trinajstić information content (AvgIpc) is 2.62. The quantitative estimate of drug-likeness (QED) is 0.833. The number of piperidine rings is 2. The van der Waals surface area contributed by atoms with Crippen LogP contribution < -0.4 is 5.32 Å². The van der Waals surface area contributed by atoms with Gasteiger partial charge in [0.05, 0.1) is 19.6 Å². The first kappa shape index (κ1) is 18.4. The molecule has 0 radical (unpaired) electrons. The van der Waals surface area contributed by atoms with Crippen LogP contribution in [0.3, 0.4) is 0 Å². The van der Waals surface area contributed by atoms with Crippen LogP contribution in [0.2, 0.25) is 0 Å². The minimum Gasteiger partial charge on any atom is -0.453 e. The van der Waals surface area contributed by atoms with Crippen LogP contribution in [0.1, 0.15) is 32.6 Å². The number of hydrogen-bond donors (Lipinski definition) is 1. The predicted octanol–water partition coefficient (Wildman–Crippen LogP) is 1.20. The molecule has 2 aliphatic heterocycles. The number of nitrogens with one attached hydrogen (secondary N) is 1. The van der Waals surface area contributed by atoms with Gasteiger partial charge in [0, 0.05) is 32.2 Å². The van der Waals surface area contributed by atoms with E-state index in [1.165, 1.54) is 7.11 Å². The molecule has 0 spiro atoms. The Morgan fingerprint density at radius 3 is 2.38 bits per heavy atom. The van der Waals surface area contributed by atoms with E-state index in [-0.39, 0.29) is 30.1 Å². The summed E-state index contributed by atoms with van der Waals surface area (Å²) >= 11 is 0. The fourth-order valence-corrected chi connectivity index (χ4v) is 3.23. The number of methoxy groups -OCH3 is 1. The minimum atomic E-state index is -0.379. The lowest BCUT2D eigenvalue weighted by Gasteiger charge is -2.34. The van der Waals surface area contributed by atoms with Crippen LogP contribution >= 0.6 is 0 Å². The number of ether oxygens (including phenoxy) is 2. The maximum atomic E-state index is 12.4. The van der Waals surface area contributed by atoms with Gasteiger partial charge in [-0.2, -0.15) is 0 Å². The van der Waals surface area contributed by atoms with E-state index >= 15 is 0 Å². The lowest BCUT2D eigenvalue weighted by molar-refractivity contribution is -0.127. The molecule has 2 fully saturated rings. The van der Waals surface area contributed by atoms with Gasteiger partial charge in [0.2, 0.25) is 5.91 Å². The normalized spacial score (nSPS) is 22.0. The van der Waals surface area contributed by atoms with Gasteiger partial charge in [0.15, 0.2) is 0 Å². The number of hydrogen-bond acceptors (Lipinski definition) is 5. The highest BCUT2D eigenvalue weighted by molar-refractivity contribution is 5.80. The molecule has 0 aromatic carbocycles. The Hall–Kier alpha value is -1.99. The molecule has 3 amide bonds. The van der Waals surface area contributed by atoms with Gasteiger partial charge in [-0.15, -0.1) is 0 Å².